The molecule has 0 unspecified atom stereocenters. The largest absolute Gasteiger partial charge is 0.497 e. The van der Waals surface area contributed by atoms with Crippen molar-refractivity contribution >= 4 is 0 Å². The zero-order valence-electron chi connectivity index (χ0n) is 12.7. The van der Waals surface area contributed by atoms with Gasteiger partial charge in [-0.1, -0.05) is 12.1 Å². The summed E-state index contributed by atoms with van der Waals surface area (Å²) in [5.41, 5.74) is 3.18. The van der Waals surface area contributed by atoms with E-state index in [9.17, 15) is 0 Å². The lowest BCUT2D eigenvalue weighted by atomic mass is 10.2. The number of nitrogens with zero attached hydrogens (tertiary/aromatic N) is 1. The first-order valence-electron chi connectivity index (χ1n) is 7.19. The molecule has 2 heterocycles. The molecule has 5 nitrogen and oxygen atoms in total. The lowest BCUT2D eigenvalue weighted by Crippen LogP contribution is -2.12. The van der Waals surface area contributed by atoms with E-state index < -0.39 is 0 Å². The van der Waals surface area contributed by atoms with Crippen molar-refractivity contribution in [2.75, 3.05) is 7.11 Å². The molecule has 0 aliphatic rings. The Kier molecular flexibility index (Phi) is 4.25. The maximum atomic E-state index is 5.65. The number of methoxy groups -OCH3 is 1. The summed E-state index contributed by atoms with van der Waals surface area (Å²) < 4.78 is 10.9. The van der Waals surface area contributed by atoms with Gasteiger partial charge in [-0.25, -0.2) is 0 Å². The van der Waals surface area contributed by atoms with Gasteiger partial charge in [0.25, 0.3) is 0 Å². The summed E-state index contributed by atoms with van der Waals surface area (Å²) in [6.07, 6.45) is 1.83. The van der Waals surface area contributed by atoms with Gasteiger partial charge in [0.15, 0.2) is 5.76 Å². The van der Waals surface area contributed by atoms with Crippen molar-refractivity contribution in [2.24, 2.45) is 0 Å². The highest BCUT2D eigenvalue weighted by Gasteiger charge is 2.10. The molecule has 0 atom stereocenters. The summed E-state index contributed by atoms with van der Waals surface area (Å²) >= 11 is 0. The molecule has 22 heavy (non-hydrogen) atoms. The predicted molar refractivity (Wildman–Crippen MR) is 84.6 cm³/mol. The van der Waals surface area contributed by atoms with Crippen LogP contribution in [0.2, 0.25) is 0 Å². The number of hydrogen-bond acceptors (Lipinski definition) is 4. The Hall–Kier alpha value is -2.53. The van der Waals surface area contributed by atoms with Gasteiger partial charge in [-0.15, -0.1) is 0 Å². The molecule has 0 saturated carbocycles. The third kappa shape index (κ3) is 3.20. The van der Waals surface area contributed by atoms with Crippen LogP contribution >= 0.6 is 0 Å². The number of furan rings is 1. The summed E-state index contributed by atoms with van der Waals surface area (Å²) in [6.45, 7) is 3.41. The Morgan fingerprint density at radius 2 is 2.14 bits per heavy atom. The number of benzene rings is 1. The van der Waals surface area contributed by atoms with Crippen LogP contribution in [-0.4, -0.2) is 17.3 Å². The molecule has 2 aromatic heterocycles. The van der Waals surface area contributed by atoms with E-state index in [1.165, 1.54) is 5.56 Å². The SMILES string of the molecule is COc1cccc(CNCc2cn[nH]c2-c2ccc(C)o2)c1. The first-order chi connectivity index (χ1) is 10.8. The van der Waals surface area contributed by atoms with Crippen LogP contribution in [-0.2, 0) is 13.1 Å². The molecule has 0 saturated heterocycles. The average Bonchev–Trinajstić information content (AvgIpc) is 3.16. The fraction of sp³-hybridized carbons (Fsp3) is 0.235. The number of ether oxygens (including phenoxy) is 1. The van der Waals surface area contributed by atoms with Crippen LogP contribution in [0.15, 0.2) is 47.0 Å². The maximum absolute atomic E-state index is 5.65. The highest BCUT2D eigenvalue weighted by molar-refractivity contribution is 5.56. The molecule has 3 rings (SSSR count). The molecule has 0 aliphatic heterocycles. The summed E-state index contributed by atoms with van der Waals surface area (Å²) in [5.74, 6) is 2.57. The molecule has 3 aromatic rings. The van der Waals surface area contributed by atoms with Gasteiger partial charge in [-0.3, -0.25) is 5.10 Å². The molecular weight excluding hydrogens is 278 g/mol. The standard InChI is InChI=1S/C17H19N3O2/c1-12-6-7-16(22-12)17-14(11-19-20-17)10-18-9-13-4-3-5-15(8-13)21-2/h3-8,11,18H,9-10H2,1-2H3,(H,19,20). The third-order valence-electron chi connectivity index (χ3n) is 3.48. The second-order valence-electron chi connectivity index (χ2n) is 5.14. The Labute approximate surface area is 129 Å². The number of aromatic nitrogens is 2. The number of nitrogens with one attached hydrogen (secondary N) is 2. The normalized spacial score (nSPS) is 10.8. The number of H-pyrrole nitrogens is 1. The predicted octanol–water partition coefficient (Wildman–Crippen LogP) is 3.28. The Balaban J connectivity index is 1.64. The number of aromatic amines is 1. The van der Waals surface area contributed by atoms with E-state index in [4.69, 9.17) is 9.15 Å². The number of aryl methyl sites for hydroxylation is 1. The van der Waals surface area contributed by atoms with E-state index >= 15 is 0 Å². The van der Waals surface area contributed by atoms with Crippen LogP contribution in [0, 0.1) is 6.92 Å². The van der Waals surface area contributed by atoms with Crippen molar-refractivity contribution in [1.82, 2.24) is 15.5 Å². The minimum Gasteiger partial charge on any atom is -0.497 e. The van der Waals surface area contributed by atoms with Crippen LogP contribution in [0.4, 0.5) is 0 Å². The van der Waals surface area contributed by atoms with Gasteiger partial charge in [-0.2, -0.15) is 5.10 Å². The molecule has 1 aromatic carbocycles. The Morgan fingerprint density at radius 3 is 2.91 bits per heavy atom. The summed E-state index contributed by atoms with van der Waals surface area (Å²) in [7, 11) is 1.68. The zero-order chi connectivity index (χ0) is 15.4. The fourth-order valence-corrected chi connectivity index (χ4v) is 2.35. The average molecular weight is 297 g/mol. The smallest absolute Gasteiger partial charge is 0.152 e. The molecule has 0 spiro atoms. The van der Waals surface area contributed by atoms with Crippen molar-refractivity contribution in [3.8, 4) is 17.2 Å². The first kappa shape index (κ1) is 14.4. The van der Waals surface area contributed by atoms with Gasteiger partial charge in [0, 0.05) is 18.7 Å². The quantitative estimate of drug-likeness (QED) is 0.733. The highest BCUT2D eigenvalue weighted by atomic mass is 16.5. The molecular formula is C17H19N3O2. The van der Waals surface area contributed by atoms with E-state index in [2.05, 4.69) is 21.6 Å². The molecule has 0 radical (unpaired) electrons. The second kappa shape index (κ2) is 6.49. The van der Waals surface area contributed by atoms with Gasteiger partial charge in [-0.05, 0) is 36.8 Å². The lowest BCUT2D eigenvalue weighted by Gasteiger charge is -2.06. The zero-order valence-corrected chi connectivity index (χ0v) is 12.7. The minimum absolute atomic E-state index is 0.711. The van der Waals surface area contributed by atoms with Gasteiger partial charge in [0.1, 0.15) is 17.2 Å². The maximum Gasteiger partial charge on any atom is 0.152 e. The molecule has 5 heteroatoms. The van der Waals surface area contributed by atoms with E-state index in [-0.39, 0.29) is 0 Å². The van der Waals surface area contributed by atoms with Gasteiger partial charge in [0.05, 0.1) is 13.3 Å². The molecule has 0 aliphatic carbocycles. The number of hydrogen-bond donors (Lipinski definition) is 2. The van der Waals surface area contributed by atoms with Crippen LogP contribution < -0.4 is 10.1 Å². The lowest BCUT2D eigenvalue weighted by molar-refractivity contribution is 0.414. The minimum atomic E-state index is 0.711. The molecule has 0 fully saturated rings. The first-order valence-corrected chi connectivity index (χ1v) is 7.19. The van der Waals surface area contributed by atoms with E-state index in [1.807, 2.05) is 43.5 Å². The van der Waals surface area contributed by atoms with Gasteiger partial charge >= 0.3 is 0 Å². The van der Waals surface area contributed by atoms with Crippen molar-refractivity contribution in [3.05, 3.63) is 59.5 Å². The van der Waals surface area contributed by atoms with Crippen LogP contribution in [0.5, 0.6) is 5.75 Å². The Bertz CT molecular complexity index is 746. The van der Waals surface area contributed by atoms with Crippen molar-refractivity contribution in [2.45, 2.75) is 20.0 Å². The fourth-order valence-electron chi connectivity index (χ4n) is 2.35. The van der Waals surface area contributed by atoms with Gasteiger partial charge in [0.2, 0.25) is 0 Å². The third-order valence-corrected chi connectivity index (χ3v) is 3.48. The van der Waals surface area contributed by atoms with Gasteiger partial charge < -0.3 is 14.5 Å². The molecule has 0 bridgehead atoms. The highest BCUT2D eigenvalue weighted by Crippen LogP contribution is 2.23. The van der Waals surface area contributed by atoms with Crippen molar-refractivity contribution < 1.29 is 9.15 Å². The second-order valence-corrected chi connectivity index (χ2v) is 5.14. The summed E-state index contributed by atoms with van der Waals surface area (Å²) in [6, 6.07) is 11.9. The van der Waals surface area contributed by atoms with E-state index in [1.54, 1.807) is 7.11 Å². The summed E-state index contributed by atoms with van der Waals surface area (Å²) in [4.78, 5) is 0. The molecule has 2 N–H and O–H groups in total. The monoisotopic (exact) mass is 297 g/mol. The van der Waals surface area contributed by atoms with Crippen molar-refractivity contribution in [1.29, 1.82) is 0 Å². The van der Waals surface area contributed by atoms with E-state index in [0.29, 0.717) is 6.54 Å². The molecule has 114 valence electrons. The van der Waals surface area contributed by atoms with Crippen LogP contribution in [0.3, 0.4) is 0 Å². The number of rotatable bonds is 6. The van der Waals surface area contributed by atoms with E-state index in [0.717, 1.165) is 35.1 Å². The molecule has 0 amide bonds. The summed E-state index contributed by atoms with van der Waals surface area (Å²) in [5, 5.41) is 10.5. The van der Waals surface area contributed by atoms with Crippen molar-refractivity contribution in [3.63, 3.8) is 0 Å². The van der Waals surface area contributed by atoms with Crippen LogP contribution in [0.1, 0.15) is 16.9 Å². The van der Waals surface area contributed by atoms with Crippen LogP contribution in [0.25, 0.3) is 11.5 Å². The topological polar surface area (TPSA) is 63.1 Å². The Morgan fingerprint density at radius 1 is 1.23 bits per heavy atom.